The molecule has 3 aromatic carbocycles. The zero-order valence-electron chi connectivity index (χ0n) is 15.9. The Morgan fingerprint density at radius 3 is 2.23 bits per heavy atom. The van der Waals surface area contributed by atoms with Gasteiger partial charge in [0, 0.05) is 11.1 Å². The molecule has 0 aliphatic carbocycles. The van der Waals surface area contributed by atoms with Crippen molar-refractivity contribution in [3.8, 4) is 17.5 Å². The number of fused-ring (bicyclic) bond motifs is 3. The van der Waals surface area contributed by atoms with Crippen LogP contribution in [0, 0.1) is 11.3 Å². The molecule has 4 aromatic rings. The minimum atomic E-state index is -0.605. The molecular weight excluding hydrogens is 374 g/mol. The Labute approximate surface area is 172 Å². The van der Waals surface area contributed by atoms with Gasteiger partial charge in [-0.1, -0.05) is 60.7 Å². The van der Waals surface area contributed by atoms with Gasteiger partial charge >= 0.3 is 0 Å². The molecule has 2 N–H and O–H groups in total. The number of nitriles is 1. The Morgan fingerprint density at radius 2 is 1.53 bits per heavy atom. The third-order valence-electron chi connectivity index (χ3n) is 5.39. The van der Waals surface area contributed by atoms with Gasteiger partial charge in [-0.15, -0.1) is 0 Å². The van der Waals surface area contributed by atoms with E-state index in [1.54, 1.807) is 4.57 Å². The molecule has 1 atom stereocenters. The lowest BCUT2D eigenvalue weighted by Gasteiger charge is -2.28. The lowest BCUT2D eigenvalue weighted by Crippen LogP contribution is -2.31. The van der Waals surface area contributed by atoms with Crippen LogP contribution in [0.2, 0.25) is 0 Å². The van der Waals surface area contributed by atoms with Crippen molar-refractivity contribution in [2.45, 2.75) is 5.92 Å². The highest BCUT2D eigenvalue weighted by molar-refractivity contribution is 5.89. The van der Waals surface area contributed by atoms with Gasteiger partial charge in [0.15, 0.2) is 0 Å². The number of para-hydroxylation sites is 2. The second-order valence-electron chi connectivity index (χ2n) is 7.07. The van der Waals surface area contributed by atoms with Crippen molar-refractivity contribution < 1.29 is 4.74 Å². The maximum atomic E-state index is 13.9. The van der Waals surface area contributed by atoms with Gasteiger partial charge in [0.2, 0.25) is 5.88 Å². The zero-order valence-corrected chi connectivity index (χ0v) is 15.9. The van der Waals surface area contributed by atoms with E-state index in [2.05, 4.69) is 6.07 Å². The number of nitrogens with two attached hydrogens (primary N) is 1. The SMILES string of the molecule is N#CC1=C(N)Oc2c(c(=O)n(-c3ccccc3)c3ccccc23)[C@@H]1c1ccccc1. The minimum absolute atomic E-state index is 0.0286. The molecule has 5 nitrogen and oxygen atoms in total. The largest absolute Gasteiger partial charge is 0.439 e. The molecule has 0 fully saturated rings. The van der Waals surface area contributed by atoms with Crippen LogP contribution in [0.25, 0.3) is 16.6 Å². The Bertz CT molecular complexity index is 1400. The molecule has 2 heterocycles. The summed E-state index contributed by atoms with van der Waals surface area (Å²) in [6, 6.07) is 28.6. The maximum absolute atomic E-state index is 13.9. The average Bonchev–Trinajstić information content (AvgIpc) is 2.79. The molecule has 0 saturated heterocycles. The number of pyridine rings is 1. The number of benzene rings is 3. The van der Waals surface area contributed by atoms with Crippen LogP contribution in [0.15, 0.2) is 101 Å². The van der Waals surface area contributed by atoms with Gasteiger partial charge in [-0.3, -0.25) is 9.36 Å². The number of rotatable bonds is 2. The lowest BCUT2D eigenvalue weighted by molar-refractivity contribution is 0.396. The number of aromatic nitrogens is 1. The number of allylic oxidation sites excluding steroid dienone is 1. The minimum Gasteiger partial charge on any atom is -0.439 e. The zero-order chi connectivity index (χ0) is 20.7. The Hall–Kier alpha value is -4.30. The third kappa shape index (κ3) is 2.59. The van der Waals surface area contributed by atoms with Crippen LogP contribution >= 0.6 is 0 Å². The molecule has 0 spiro atoms. The van der Waals surface area contributed by atoms with E-state index in [4.69, 9.17) is 10.5 Å². The van der Waals surface area contributed by atoms with Gasteiger partial charge < -0.3 is 10.5 Å². The van der Waals surface area contributed by atoms with Gasteiger partial charge in [-0.05, 0) is 29.8 Å². The highest BCUT2D eigenvalue weighted by atomic mass is 16.5. The summed E-state index contributed by atoms with van der Waals surface area (Å²) in [4.78, 5) is 13.9. The monoisotopic (exact) mass is 391 g/mol. The van der Waals surface area contributed by atoms with E-state index in [-0.39, 0.29) is 17.0 Å². The first-order valence-corrected chi connectivity index (χ1v) is 9.56. The van der Waals surface area contributed by atoms with Crippen LogP contribution in [0.1, 0.15) is 17.0 Å². The Morgan fingerprint density at radius 1 is 0.900 bits per heavy atom. The summed E-state index contributed by atoms with van der Waals surface area (Å²) in [5.41, 5.74) is 8.84. The van der Waals surface area contributed by atoms with E-state index < -0.39 is 5.92 Å². The van der Waals surface area contributed by atoms with Crippen LogP contribution in [0.4, 0.5) is 0 Å². The summed E-state index contributed by atoms with van der Waals surface area (Å²) < 4.78 is 7.56. The summed E-state index contributed by atoms with van der Waals surface area (Å²) in [6.07, 6.45) is 0. The molecule has 5 heteroatoms. The molecule has 5 rings (SSSR count). The summed E-state index contributed by atoms with van der Waals surface area (Å²) in [5, 5.41) is 10.6. The number of hydrogen-bond acceptors (Lipinski definition) is 4. The molecule has 1 aliphatic heterocycles. The first-order valence-electron chi connectivity index (χ1n) is 9.56. The second kappa shape index (κ2) is 6.94. The first kappa shape index (κ1) is 17.8. The third-order valence-corrected chi connectivity index (χ3v) is 5.39. The van der Waals surface area contributed by atoms with Crippen molar-refractivity contribution in [2.24, 2.45) is 5.73 Å². The Balaban J connectivity index is 1.94. The molecule has 144 valence electrons. The quantitative estimate of drug-likeness (QED) is 0.555. The molecule has 1 aromatic heterocycles. The van der Waals surface area contributed by atoms with E-state index >= 15 is 0 Å². The molecule has 0 unspecified atom stereocenters. The molecule has 1 aliphatic rings. The molecule has 30 heavy (non-hydrogen) atoms. The van der Waals surface area contributed by atoms with Crippen LogP contribution < -0.4 is 16.0 Å². The van der Waals surface area contributed by atoms with Gasteiger partial charge in [0.25, 0.3) is 5.56 Å². The topological polar surface area (TPSA) is 81.0 Å². The van der Waals surface area contributed by atoms with Gasteiger partial charge in [0.1, 0.15) is 17.4 Å². The van der Waals surface area contributed by atoms with E-state index in [1.165, 1.54) is 0 Å². The van der Waals surface area contributed by atoms with Crippen LogP contribution in [-0.4, -0.2) is 4.57 Å². The predicted molar refractivity (Wildman–Crippen MR) is 115 cm³/mol. The van der Waals surface area contributed by atoms with E-state index in [0.717, 1.165) is 16.6 Å². The molecule has 0 radical (unpaired) electrons. The van der Waals surface area contributed by atoms with Crippen LogP contribution in [0.5, 0.6) is 5.75 Å². The number of ether oxygens (including phenoxy) is 1. The van der Waals surface area contributed by atoms with E-state index in [0.29, 0.717) is 16.8 Å². The fourth-order valence-electron chi connectivity index (χ4n) is 4.08. The van der Waals surface area contributed by atoms with Crippen LogP contribution in [0.3, 0.4) is 0 Å². The van der Waals surface area contributed by atoms with Gasteiger partial charge in [-0.25, -0.2) is 0 Å². The summed E-state index contributed by atoms with van der Waals surface area (Å²) in [6.45, 7) is 0. The lowest BCUT2D eigenvalue weighted by atomic mass is 9.83. The van der Waals surface area contributed by atoms with Crippen molar-refractivity contribution in [1.82, 2.24) is 4.57 Å². The van der Waals surface area contributed by atoms with Gasteiger partial charge in [-0.2, -0.15) is 5.26 Å². The highest BCUT2D eigenvalue weighted by Gasteiger charge is 2.35. The Kier molecular flexibility index (Phi) is 4.11. The van der Waals surface area contributed by atoms with E-state index in [1.807, 2.05) is 84.9 Å². The molecule has 0 saturated carbocycles. The highest BCUT2D eigenvalue weighted by Crippen LogP contribution is 2.43. The van der Waals surface area contributed by atoms with E-state index in [9.17, 15) is 10.1 Å². The normalized spacial score (nSPS) is 15.4. The summed E-state index contributed by atoms with van der Waals surface area (Å²) in [7, 11) is 0. The van der Waals surface area contributed by atoms with Crippen molar-refractivity contribution in [2.75, 3.05) is 0 Å². The van der Waals surface area contributed by atoms with Gasteiger partial charge in [0.05, 0.1) is 17.0 Å². The number of nitrogens with zero attached hydrogens (tertiary/aromatic N) is 2. The average molecular weight is 391 g/mol. The summed E-state index contributed by atoms with van der Waals surface area (Å²) in [5.74, 6) is -0.166. The predicted octanol–water partition coefficient (Wildman–Crippen LogP) is 4.21. The summed E-state index contributed by atoms with van der Waals surface area (Å²) >= 11 is 0. The fourth-order valence-corrected chi connectivity index (χ4v) is 4.08. The second-order valence-corrected chi connectivity index (χ2v) is 7.07. The van der Waals surface area contributed by atoms with Crippen molar-refractivity contribution in [3.63, 3.8) is 0 Å². The fraction of sp³-hybridized carbons (Fsp3) is 0.0400. The van der Waals surface area contributed by atoms with Crippen molar-refractivity contribution >= 4 is 10.9 Å². The maximum Gasteiger partial charge on any atom is 0.263 e. The molecule has 0 amide bonds. The van der Waals surface area contributed by atoms with Crippen LogP contribution in [-0.2, 0) is 0 Å². The molecule has 0 bridgehead atoms. The standard InChI is InChI=1S/C25H17N3O2/c26-15-19-21(16-9-3-1-4-10-16)22-23(30-24(19)27)18-13-7-8-14-20(18)28(25(22)29)17-11-5-2-6-12-17/h1-14,21H,27H2/t21-/m1/s1. The van der Waals surface area contributed by atoms with Crippen molar-refractivity contribution in [1.29, 1.82) is 5.26 Å². The smallest absolute Gasteiger partial charge is 0.263 e. The molecular formula is C25H17N3O2. The van der Waals surface area contributed by atoms with Crippen molar-refractivity contribution in [3.05, 3.63) is 118 Å². The number of hydrogen-bond donors (Lipinski definition) is 1. The first-order chi connectivity index (χ1) is 14.7.